The molecule has 144 valence electrons. The Morgan fingerprint density at radius 1 is 1.11 bits per heavy atom. The highest BCUT2D eigenvalue weighted by molar-refractivity contribution is 6.30. The summed E-state index contributed by atoms with van der Waals surface area (Å²) in [5.41, 5.74) is 7.29. The number of carbonyl (C=O) groups is 2. The van der Waals surface area contributed by atoms with Crippen LogP contribution in [0.5, 0.6) is 0 Å². The van der Waals surface area contributed by atoms with E-state index in [1.165, 1.54) is 0 Å². The molecule has 0 radical (unpaired) electrons. The predicted molar refractivity (Wildman–Crippen MR) is 107 cm³/mol. The molecule has 0 fully saturated rings. The number of amides is 3. The lowest BCUT2D eigenvalue weighted by Crippen LogP contribution is -2.27. The number of nitrogens with two attached hydrogens (primary N) is 1. The third kappa shape index (κ3) is 4.47. The molecule has 4 N–H and O–H groups in total. The standard InChI is InChI=1S/C19H19ClN6O2/c1-11(13-3-7-15(8-4-13)24-19(21)28)22-18(27)17-23-12(2)26(25-17)16-9-5-14(20)6-10-16/h3-11H,1-2H3,(H,22,27)(H3,21,24,28). The predicted octanol–water partition coefficient (Wildman–Crippen LogP) is 3.21. The van der Waals surface area contributed by atoms with Crippen LogP contribution in [-0.4, -0.2) is 26.7 Å². The molecular formula is C19H19ClN6O2. The van der Waals surface area contributed by atoms with Gasteiger partial charge in [0.15, 0.2) is 0 Å². The molecule has 1 unspecified atom stereocenters. The Kier molecular flexibility index (Phi) is 5.60. The van der Waals surface area contributed by atoms with E-state index < -0.39 is 6.03 Å². The molecule has 1 aromatic heterocycles. The largest absolute Gasteiger partial charge is 0.351 e. The highest BCUT2D eigenvalue weighted by atomic mass is 35.5. The first-order valence-corrected chi connectivity index (χ1v) is 8.88. The highest BCUT2D eigenvalue weighted by Crippen LogP contribution is 2.17. The van der Waals surface area contributed by atoms with Crippen LogP contribution in [-0.2, 0) is 0 Å². The molecular weight excluding hydrogens is 380 g/mol. The fourth-order valence-electron chi connectivity index (χ4n) is 2.66. The van der Waals surface area contributed by atoms with Crippen LogP contribution < -0.4 is 16.4 Å². The Morgan fingerprint density at radius 3 is 2.36 bits per heavy atom. The number of hydrogen-bond acceptors (Lipinski definition) is 4. The van der Waals surface area contributed by atoms with Crippen molar-refractivity contribution >= 4 is 29.2 Å². The summed E-state index contributed by atoms with van der Waals surface area (Å²) in [6.07, 6.45) is 0. The van der Waals surface area contributed by atoms with Crippen molar-refractivity contribution in [2.24, 2.45) is 5.73 Å². The summed E-state index contributed by atoms with van der Waals surface area (Å²) >= 11 is 5.91. The van der Waals surface area contributed by atoms with Gasteiger partial charge in [-0.2, -0.15) is 0 Å². The summed E-state index contributed by atoms with van der Waals surface area (Å²) in [5.74, 6) is 0.274. The molecule has 0 aliphatic rings. The number of primary amides is 1. The molecule has 0 aliphatic carbocycles. The molecule has 0 saturated carbocycles. The molecule has 9 heteroatoms. The van der Waals surface area contributed by atoms with Gasteiger partial charge in [-0.25, -0.2) is 14.5 Å². The number of hydrogen-bond donors (Lipinski definition) is 3. The van der Waals surface area contributed by atoms with Gasteiger partial charge in [0.1, 0.15) is 5.82 Å². The number of aryl methyl sites for hydroxylation is 1. The minimum atomic E-state index is -0.633. The van der Waals surface area contributed by atoms with Gasteiger partial charge in [-0.1, -0.05) is 23.7 Å². The van der Waals surface area contributed by atoms with Crippen LogP contribution in [0, 0.1) is 6.92 Å². The summed E-state index contributed by atoms with van der Waals surface area (Å²) in [6, 6.07) is 13.2. The zero-order valence-electron chi connectivity index (χ0n) is 15.3. The molecule has 0 bridgehead atoms. The van der Waals surface area contributed by atoms with E-state index in [0.717, 1.165) is 11.3 Å². The van der Waals surface area contributed by atoms with Gasteiger partial charge in [-0.05, 0) is 55.8 Å². The van der Waals surface area contributed by atoms with Crippen molar-refractivity contribution in [3.63, 3.8) is 0 Å². The van der Waals surface area contributed by atoms with E-state index in [2.05, 4.69) is 20.7 Å². The number of carbonyl (C=O) groups excluding carboxylic acids is 2. The molecule has 28 heavy (non-hydrogen) atoms. The van der Waals surface area contributed by atoms with Crippen molar-refractivity contribution in [2.45, 2.75) is 19.9 Å². The van der Waals surface area contributed by atoms with Crippen molar-refractivity contribution in [1.82, 2.24) is 20.1 Å². The fourth-order valence-corrected chi connectivity index (χ4v) is 2.78. The van der Waals surface area contributed by atoms with Crippen LogP contribution in [0.2, 0.25) is 5.02 Å². The Labute approximate surface area is 166 Å². The maximum atomic E-state index is 12.5. The average molecular weight is 399 g/mol. The van der Waals surface area contributed by atoms with Crippen LogP contribution in [0.15, 0.2) is 48.5 Å². The van der Waals surface area contributed by atoms with Gasteiger partial charge >= 0.3 is 6.03 Å². The molecule has 8 nitrogen and oxygen atoms in total. The molecule has 1 heterocycles. The monoisotopic (exact) mass is 398 g/mol. The number of halogens is 1. The smallest absolute Gasteiger partial charge is 0.316 e. The van der Waals surface area contributed by atoms with Crippen LogP contribution >= 0.6 is 11.6 Å². The van der Waals surface area contributed by atoms with E-state index >= 15 is 0 Å². The molecule has 0 spiro atoms. The second-order valence-electron chi connectivity index (χ2n) is 6.18. The van der Waals surface area contributed by atoms with E-state index in [1.54, 1.807) is 60.1 Å². The second-order valence-corrected chi connectivity index (χ2v) is 6.61. The van der Waals surface area contributed by atoms with E-state index in [0.29, 0.717) is 16.5 Å². The van der Waals surface area contributed by atoms with Gasteiger partial charge in [-0.3, -0.25) is 4.79 Å². The Morgan fingerprint density at radius 2 is 1.75 bits per heavy atom. The van der Waals surface area contributed by atoms with Crippen LogP contribution in [0.25, 0.3) is 5.69 Å². The van der Waals surface area contributed by atoms with E-state index in [9.17, 15) is 9.59 Å². The van der Waals surface area contributed by atoms with E-state index in [1.807, 2.05) is 6.92 Å². The topological polar surface area (TPSA) is 115 Å². The van der Waals surface area contributed by atoms with Crippen LogP contribution in [0.1, 0.15) is 35.0 Å². The first-order valence-electron chi connectivity index (χ1n) is 8.50. The quantitative estimate of drug-likeness (QED) is 0.612. The molecule has 0 aliphatic heterocycles. The van der Waals surface area contributed by atoms with Crippen molar-refractivity contribution in [1.29, 1.82) is 0 Å². The first kappa shape index (κ1) is 19.4. The van der Waals surface area contributed by atoms with Crippen molar-refractivity contribution < 1.29 is 9.59 Å². The molecule has 3 aromatic rings. The number of nitrogens with one attached hydrogen (secondary N) is 2. The van der Waals surface area contributed by atoms with Gasteiger partial charge < -0.3 is 16.4 Å². The van der Waals surface area contributed by atoms with Crippen LogP contribution in [0.4, 0.5) is 10.5 Å². The summed E-state index contributed by atoms with van der Waals surface area (Å²) in [7, 11) is 0. The van der Waals surface area contributed by atoms with Crippen molar-refractivity contribution in [3.8, 4) is 5.69 Å². The van der Waals surface area contributed by atoms with E-state index in [4.69, 9.17) is 17.3 Å². The van der Waals surface area contributed by atoms with Gasteiger partial charge in [0.2, 0.25) is 5.82 Å². The lowest BCUT2D eigenvalue weighted by Gasteiger charge is -2.13. The van der Waals surface area contributed by atoms with Crippen LogP contribution in [0.3, 0.4) is 0 Å². The van der Waals surface area contributed by atoms with Crippen molar-refractivity contribution in [2.75, 3.05) is 5.32 Å². The molecule has 0 saturated heterocycles. The number of urea groups is 1. The Hall–Kier alpha value is -3.39. The molecule has 1 atom stereocenters. The minimum absolute atomic E-state index is 0.0753. The Bertz CT molecular complexity index is 998. The lowest BCUT2D eigenvalue weighted by atomic mass is 10.1. The van der Waals surface area contributed by atoms with Gasteiger partial charge in [0.05, 0.1) is 11.7 Å². The van der Waals surface area contributed by atoms with Gasteiger partial charge in [0, 0.05) is 10.7 Å². The fraction of sp³-hybridized carbons (Fsp3) is 0.158. The zero-order chi connectivity index (χ0) is 20.3. The SMILES string of the molecule is Cc1nc(C(=O)NC(C)c2ccc(NC(N)=O)cc2)nn1-c1ccc(Cl)cc1. The summed E-state index contributed by atoms with van der Waals surface area (Å²) in [5, 5.41) is 10.3. The first-order chi connectivity index (χ1) is 13.3. The summed E-state index contributed by atoms with van der Waals surface area (Å²) in [4.78, 5) is 27.7. The Balaban J connectivity index is 1.71. The van der Waals surface area contributed by atoms with Gasteiger partial charge in [-0.15, -0.1) is 5.10 Å². The molecule has 3 rings (SSSR count). The number of aromatic nitrogens is 3. The van der Waals surface area contributed by atoms with Gasteiger partial charge in [0.25, 0.3) is 5.91 Å². The maximum absolute atomic E-state index is 12.5. The minimum Gasteiger partial charge on any atom is -0.351 e. The third-order valence-electron chi connectivity index (χ3n) is 4.07. The normalized spacial score (nSPS) is 11.7. The average Bonchev–Trinajstić information content (AvgIpc) is 3.04. The summed E-state index contributed by atoms with van der Waals surface area (Å²) < 4.78 is 1.58. The number of anilines is 1. The summed E-state index contributed by atoms with van der Waals surface area (Å²) in [6.45, 7) is 3.61. The zero-order valence-corrected chi connectivity index (χ0v) is 16.1. The molecule has 3 amide bonds. The number of nitrogens with zero attached hydrogens (tertiary/aromatic N) is 3. The lowest BCUT2D eigenvalue weighted by molar-refractivity contribution is 0.0929. The van der Waals surface area contributed by atoms with Crippen molar-refractivity contribution in [3.05, 3.63) is 70.8 Å². The molecule has 2 aromatic carbocycles. The highest BCUT2D eigenvalue weighted by Gasteiger charge is 2.18. The maximum Gasteiger partial charge on any atom is 0.316 e. The third-order valence-corrected chi connectivity index (χ3v) is 4.32. The second kappa shape index (κ2) is 8.10. The number of benzene rings is 2. The van der Waals surface area contributed by atoms with E-state index in [-0.39, 0.29) is 17.8 Å². The number of rotatable bonds is 5.